The first kappa shape index (κ1) is 17.4. The number of benzene rings is 1. The Kier molecular flexibility index (Phi) is 6.10. The molecule has 6 heteroatoms. The van der Waals surface area contributed by atoms with Crippen LogP contribution < -0.4 is 11.1 Å². The lowest BCUT2D eigenvalue weighted by atomic mass is 10.0. The molecule has 0 aliphatic carbocycles. The van der Waals surface area contributed by atoms with E-state index in [1.54, 1.807) is 12.3 Å². The molecule has 0 bridgehead atoms. The number of amides is 1. The Bertz CT molecular complexity index is 650. The zero-order valence-electron chi connectivity index (χ0n) is 12.8. The van der Waals surface area contributed by atoms with Gasteiger partial charge in [0.25, 0.3) is 0 Å². The van der Waals surface area contributed by atoms with Gasteiger partial charge >= 0.3 is 0 Å². The van der Waals surface area contributed by atoms with E-state index in [2.05, 4.69) is 21.3 Å². The van der Waals surface area contributed by atoms with E-state index in [4.69, 9.17) is 5.73 Å². The Balaban J connectivity index is 0.00000192. The first-order valence-electron chi connectivity index (χ1n) is 7.47. The van der Waals surface area contributed by atoms with Crippen molar-refractivity contribution in [1.82, 2.24) is 15.2 Å². The van der Waals surface area contributed by atoms with Gasteiger partial charge in [-0.15, -0.1) is 12.4 Å². The second-order valence-corrected chi connectivity index (χ2v) is 5.54. The molecule has 1 saturated heterocycles. The molecule has 1 atom stereocenters. The summed E-state index contributed by atoms with van der Waals surface area (Å²) in [6.07, 6.45) is 3.71. The van der Waals surface area contributed by atoms with Gasteiger partial charge in [0.1, 0.15) is 0 Å². The molecule has 1 aliphatic heterocycles. The number of nitrogens with zero attached hydrogens (tertiary/aromatic N) is 2. The lowest BCUT2D eigenvalue weighted by Crippen LogP contribution is -2.45. The van der Waals surface area contributed by atoms with Crippen LogP contribution in [0.25, 0.3) is 0 Å². The number of rotatable bonds is 4. The highest BCUT2D eigenvalue weighted by atomic mass is 35.5. The Labute approximate surface area is 142 Å². The van der Waals surface area contributed by atoms with E-state index in [1.807, 2.05) is 30.5 Å². The molecule has 5 nitrogen and oxygen atoms in total. The standard InChI is InChI=1S/C17H20N4O.ClH/c18-17(22)14-4-1-3-13(9-14)12-21-8-7-20-11-16(21)15-5-2-6-19-10-15;/h1-6,9-10,16,20H,7-8,11-12H2,(H2,18,22);1H. The number of aromatic nitrogens is 1. The molecule has 122 valence electrons. The van der Waals surface area contributed by atoms with Crippen LogP contribution >= 0.6 is 12.4 Å². The van der Waals surface area contributed by atoms with Crippen molar-refractivity contribution >= 4 is 18.3 Å². The molecule has 1 aromatic carbocycles. The number of primary amides is 1. The third-order valence-electron chi connectivity index (χ3n) is 4.02. The molecule has 2 aromatic rings. The Morgan fingerprint density at radius 3 is 2.96 bits per heavy atom. The number of hydrogen-bond donors (Lipinski definition) is 2. The third-order valence-corrected chi connectivity index (χ3v) is 4.02. The highest BCUT2D eigenvalue weighted by molar-refractivity contribution is 5.92. The number of halogens is 1. The van der Waals surface area contributed by atoms with Gasteiger partial charge in [-0.1, -0.05) is 18.2 Å². The molecule has 2 heterocycles. The molecule has 1 aromatic heterocycles. The maximum atomic E-state index is 11.3. The topological polar surface area (TPSA) is 71.2 Å². The van der Waals surface area contributed by atoms with E-state index in [9.17, 15) is 4.79 Å². The van der Waals surface area contributed by atoms with Gasteiger partial charge in [0.05, 0.1) is 0 Å². The summed E-state index contributed by atoms with van der Waals surface area (Å²) >= 11 is 0. The first-order valence-corrected chi connectivity index (χ1v) is 7.47. The third kappa shape index (κ3) is 4.28. The van der Waals surface area contributed by atoms with E-state index in [-0.39, 0.29) is 18.3 Å². The number of nitrogens with two attached hydrogens (primary N) is 1. The first-order chi connectivity index (χ1) is 10.7. The van der Waals surface area contributed by atoms with Crippen molar-refractivity contribution in [2.75, 3.05) is 19.6 Å². The van der Waals surface area contributed by atoms with Crippen molar-refractivity contribution in [2.24, 2.45) is 5.73 Å². The zero-order valence-corrected chi connectivity index (χ0v) is 13.6. The molecule has 0 radical (unpaired) electrons. The Hall–Kier alpha value is -1.95. The van der Waals surface area contributed by atoms with Crippen molar-refractivity contribution < 1.29 is 4.79 Å². The van der Waals surface area contributed by atoms with E-state index in [0.29, 0.717) is 11.6 Å². The van der Waals surface area contributed by atoms with Crippen molar-refractivity contribution in [2.45, 2.75) is 12.6 Å². The van der Waals surface area contributed by atoms with Crippen LogP contribution in [-0.4, -0.2) is 35.4 Å². The lowest BCUT2D eigenvalue weighted by Gasteiger charge is -2.36. The average Bonchev–Trinajstić information content (AvgIpc) is 2.56. The van der Waals surface area contributed by atoms with E-state index >= 15 is 0 Å². The smallest absolute Gasteiger partial charge is 0.248 e. The number of hydrogen-bond acceptors (Lipinski definition) is 4. The molecule has 23 heavy (non-hydrogen) atoms. The highest BCUT2D eigenvalue weighted by Gasteiger charge is 2.23. The summed E-state index contributed by atoms with van der Waals surface area (Å²) < 4.78 is 0. The minimum Gasteiger partial charge on any atom is -0.366 e. The van der Waals surface area contributed by atoms with E-state index in [0.717, 1.165) is 31.7 Å². The quantitative estimate of drug-likeness (QED) is 0.894. The molecule has 1 aliphatic rings. The van der Waals surface area contributed by atoms with E-state index < -0.39 is 0 Å². The minimum atomic E-state index is -0.383. The van der Waals surface area contributed by atoms with Crippen molar-refractivity contribution in [3.8, 4) is 0 Å². The number of piperazine rings is 1. The van der Waals surface area contributed by atoms with Gasteiger partial charge in [-0.25, -0.2) is 0 Å². The molecule has 1 amide bonds. The van der Waals surface area contributed by atoms with Gasteiger partial charge in [-0.2, -0.15) is 0 Å². The maximum absolute atomic E-state index is 11.3. The van der Waals surface area contributed by atoms with Gasteiger partial charge in [0, 0.05) is 50.2 Å². The van der Waals surface area contributed by atoms with Gasteiger partial charge in [-0.3, -0.25) is 14.7 Å². The van der Waals surface area contributed by atoms with Gasteiger partial charge in [-0.05, 0) is 29.3 Å². The lowest BCUT2D eigenvalue weighted by molar-refractivity contribution is 0.1000. The summed E-state index contributed by atoms with van der Waals surface area (Å²) in [6, 6.07) is 11.9. The Morgan fingerprint density at radius 1 is 1.35 bits per heavy atom. The second kappa shape index (κ2) is 8.06. The number of pyridine rings is 1. The summed E-state index contributed by atoms with van der Waals surface area (Å²) in [7, 11) is 0. The van der Waals surface area contributed by atoms with Crippen LogP contribution in [0.15, 0.2) is 48.8 Å². The van der Waals surface area contributed by atoms with Crippen LogP contribution in [0, 0.1) is 0 Å². The fourth-order valence-corrected chi connectivity index (χ4v) is 2.89. The van der Waals surface area contributed by atoms with Gasteiger partial charge in [0.15, 0.2) is 0 Å². The summed E-state index contributed by atoms with van der Waals surface area (Å²) in [5, 5.41) is 3.44. The van der Waals surface area contributed by atoms with Crippen LogP contribution in [-0.2, 0) is 6.54 Å². The number of carbonyl (C=O) groups is 1. The fourth-order valence-electron chi connectivity index (χ4n) is 2.89. The fraction of sp³-hybridized carbons (Fsp3) is 0.294. The predicted molar refractivity (Wildman–Crippen MR) is 92.5 cm³/mol. The van der Waals surface area contributed by atoms with Crippen molar-refractivity contribution in [3.63, 3.8) is 0 Å². The molecule has 0 saturated carbocycles. The largest absolute Gasteiger partial charge is 0.366 e. The van der Waals surface area contributed by atoms with Crippen LogP contribution in [0.3, 0.4) is 0 Å². The molecule has 3 rings (SSSR count). The number of nitrogens with one attached hydrogen (secondary N) is 1. The van der Waals surface area contributed by atoms with Crippen molar-refractivity contribution in [3.05, 3.63) is 65.5 Å². The van der Waals surface area contributed by atoms with Crippen molar-refractivity contribution in [1.29, 1.82) is 0 Å². The molecule has 3 N–H and O–H groups in total. The van der Waals surface area contributed by atoms with Crippen LogP contribution in [0.1, 0.15) is 27.5 Å². The van der Waals surface area contributed by atoms with Gasteiger partial charge < -0.3 is 11.1 Å². The van der Waals surface area contributed by atoms with Crippen LogP contribution in [0.4, 0.5) is 0 Å². The molecule has 1 fully saturated rings. The predicted octanol–water partition coefficient (Wildman–Crippen LogP) is 1.75. The second-order valence-electron chi connectivity index (χ2n) is 5.54. The number of carbonyl (C=O) groups excluding carboxylic acids is 1. The molecular weight excluding hydrogens is 312 g/mol. The Morgan fingerprint density at radius 2 is 2.22 bits per heavy atom. The summed E-state index contributed by atoms with van der Waals surface area (Å²) in [5.41, 5.74) is 8.24. The minimum absolute atomic E-state index is 0. The van der Waals surface area contributed by atoms with Crippen LogP contribution in [0.5, 0.6) is 0 Å². The van der Waals surface area contributed by atoms with Crippen LogP contribution in [0.2, 0.25) is 0 Å². The molecule has 0 spiro atoms. The summed E-state index contributed by atoms with van der Waals surface area (Å²) in [5.74, 6) is -0.383. The SMILES string of the molecule is Cl.NC(=O)c1cccc(CN2CCNCC2c2cccnc2)c1. The zero-order chi connectivity index (χ0) is 15.4. The highest BCUT2D eigenvalue weighted by Crippen LogP contribution is 2.23. The molecular formula is C17H21ClN4O. The normalized spacial score (nSPS) is 18.2. The monoisotopic (exact) mass is 332 g/mol. The average molecular weight is 333 g/mol. The van der Waals surface area contributed by atoms with Gasteiger partial charge in [0.2, 0.25) is 5.91 Å². The maximum Gasteiger partial charge on any atom is 0.248 e. The summed E-state index contributed by atoms with van der Waals surface area (Å²) in [4.78, 5) is 18.0. The van der Waals surface area contributed by atoms with E-state index in [1.165, 1.54) is 5.56 Å². The summed E-state index contributed by atoms with van der Waals surface area (Å²) in [6.45, 7) is 3.62. The molecule has 1 unspecified atom stereocenters.